The van der Waals surface area contributed by atoms with Gasteiger partial charge in [-0.15, -0.1) is 11.8 Å². The van der Waals surface area contributed by atoms with Crippen LogP contribution in [0.4, 0.5) is 13.2 Å². The number of halogens is 4. The van der Waals surface area contributed by atoms with E-state index in [9.17, 15) is 13.2 Å². The van der Waals surface area contributed by atoms with Gasteiger partial charge < -0.3 is 0 Å². The molecule has 1 aliphatic heterocycles. The zero-order valence-electron chi connectivity index (χ0n) is 6.86. The first-order valence-corrected chi connectivity index (χ1v) is 6.93. The zero-order chi connectivity index (χ0) is 9.90. The summed E-state index contributed by atoms with van der Waals surface area (Å²) in [5.41, 5.74) is -0.519. The molecule has 0 aromatic rings. The fourth-order valence-electron chi connectivity index (χ4n) is 0.751. The SMILES string of the molecule is CCSC1=IC=CC(C(F)(F)F)=C1. The highest BCUT2D eigenvalue weighted by molar-refractivity contribution is 14.2. The second-order valence-electron chi connectivity index (χ2n) is 2.24. The van der Waals surface area contributed by atoms with Gasteiger partial charge in [-0.05, 0) is 22.0 Å². The van der Waals surface area contributed by atoms with Crippen LogP contribution in [0.1, 0.15) is 6.92 Å². The Morgan fingerprint density at radius 1 is 1.46 bits per heavy atom. The van der Waals surface area contributed by atoms with Gasteiger partial charge in [0, 0.05) is 2.84 Å². The van der Waals surface area contributed by atoms with Crippen LogP contribution in [-0.4, -0.2) is 14.8 Å². The van der Waals surface area contributed by atoms with Gasteiger partial charge in [0.25, 0.3) is 0 Å². The zero-order valence-corrected chi connectivity index (χ0v) is 9.83. The monoisotopic (exact) mass is 320 g/mol. The van der Waals surface area contributed by atoms with E-state index in [4.69, 9.17) is 0 Å². The molecule has 0 radical (unpaired) electrons. The maximum atomic E-state index is 12.2. The van der Waals surface area contributed by atoms with Crippen molar-refractivity contribution >= 4 is 35.3 Å². The predicted octanol–water partition coefficient (Wildman–Crippen LogP) is 3.86. The highest BCUT2D eigenvalue weighted by Crippen LogP contribution is 2.32. The smallest absolute Gasteiger partial charge is 0.166 e. The van der Waals surface area contributed by atoms with Crippen LogP contribution >= 0.6 is 32.5 Å². The Balaban J connectivity index is 2.81. The lowest BCUT2D eigenvalue weighted by molar-refractivity contribution is -0.0880. The normalized spacial score (nSPS) is 17.5. The first-order chi connectivity index (χ1) is 6.04. The fourth-order valence-corrected chi connectivity index (χ4v) is 4.56. The Hall–Kier alpha value is 0.220. The molecule has 0 amide bonds. The third kappa shape index (κ3) is 3.46. The van der Waals surface area contributed by atoms with Crippen molar-refractivity contribution in [2.75, 3.05) is 5.75 Å². The third-order valence-electron chi connectivity index (χ3n) is 1.29. The van der Waals surface area contributed by atoms with Gasteiger partial charge in [-0.25, -0.2) is 0 Å². The summed E-state index contributed by atoms with van der Waals surface area (Å²) >= 11 is 1.20. The van der Waals surface area contributed by atoms with Gasteiger partial charge in [0.05, 0.1) is 5.57 Å². The van der Waals surface area contributed by atoms with Crippen LogP contribution in [0.3, 0.4) is 0 Å². The summed E-state index contributed by atoms with van der Waals surface area (Å²) in [6, 6.07) is 0. The number of hydrogen-bond donors (Lipinski definition) is 0. The summed E-state index contributed by atoms with van der Waals surface area (Å²) in [4.78, 5) is 0. The van der Waals surface area contributed by atoms with E-state index in [2.05, 4.69) is 0 Å². The number of rotatable bonds is 2. The first kappa shape index (κ1) is 11.3. The average molecular weight is 320 g/mol. The number of alkyl halides is 3. The molecule has 0 atom stereocenters. The average Bonchev–Trinajstić information content (AvgIpc) is 2.04. The van der Waals surface area contributed by atoms with Crippen LogP contribution in [0.15, 0.2) is 21.8 Å². The van der Waals surface area contributed by atoms with E-state index in [0.717, 1.165) is 8.59 Å². The van der Waals surface area contributed by atoms with E-state index in [1.807, 2.05) is 6.92 Å². The molecule has 13 heavy (non-hydrogen) atoms. The third-order valence-corrected chi connectivity index (χ3v) is 5.15. The van der Waals surface area contributed by atoms with Crippen LogP contribution in [0.25, 0.3) is 0 Å². The Morgan fingerprint density at radius 3 is 2.69 bits per heavy atom. The molecule has 0 saturated carbocycles. The van der Waals surface area contributed by atoms with Gasteiger partial charge in [0.15, 0.2) is 0 Å². The lowest BCUT2D eigenvalue weighted by Crippen LogP contribution is -2.11. The van der Waals surface area contributed by atoms with E-state index in [1.165, 1.54) is 23.9 Å². The molecular weight excluding hydrogens is 312 g/mol. The molecule has 0 unspecified atom stereocenters. The summed E-state index contributed by atoms with van der Waals surface area (Å²) in [5, 5.41) is 0. The number of thioether (sulfide) groups is 1. The molecule has 74 valence electrons. The number of allylic oxidation sites excluding steroid dienone is 2. The summed E-state index contributed by atoms with van der Waals surface area (Å²) in [7, 11) is 0. The maximum absolute atomic E-state index is 12.2. The summed E-state index contributed by atoms with van der Waals surface area (Å²) in [5.74, 6) is 0.838. The summed E-state index contributed by atoms with van der Waals surface area (Å²) in [6.07, 6.45) is -1.73. The topological polar surface area (TPSA) is 0 Å². The van der Waals surface area contributed by atoms with Gasteiger partial charge >= 0.3 is 6.18 Å². The van der Waals surface area contributed by atoms with E-state index >= 15 is 0 Å². The minimum absolute atomic E-state index is 0.310. The lowest BCUT2D eigenvalue weighted by atomic mass is 10.2. The second kappa shape index (κ2) is 4.63. The molecule has 0 saturated heterocycles. The number of hydrogen-bond acceptors (Lipinski definition) is 1. The van der Waals surface area contributed by atoms with E-state index in [1.54, 1.807) is 4.08 Å². The fraction of sp³-hybridized carbons (Fsp3) is 0.375. The van der Waals surface area contributed by atoms with Crippen molar-refractivity contribution < 1.29 is 13.2 Å². The summed E-state index contributed by atoms with van der Waals surface area (Å²) in [6.45, 7) is 1.95. The van der Waals surface area contributed by atoms with Crippen LogP contribution in [0.5, 0.6) is 0 Å². The predicted molar refractivity (Wildman–Crippen MR) is 60.4 cm³/mol. The molecule has 0 spiro atoms. The van der Waals surface area contributed by atoms with Crippen molar-refractivity contribution in [2.24, 2.45) is 0 Å². The van der Waals surface area contributed by atoms with Crippen LogP contribution < -0.4 is 0 Å². The highest BCUT2D eigenvalue weighted by atomic mass is 127. The molecule has 0 nitrogen and oxygen atoms in total. The van der Waals surface area contributed by atoms with Crippen molar-refractivity contribution in [1.82, 2.24) is 0 Å². The minimum atomic E-state index is -4.19. The van der Waals surface area contributed by atoms with Gasteiger partial charge in [-0.3, -0.25) is 0 Å². The Bertz CT molecular complexity index is 276. The van der Waals surface area contributed by atoms with Gasteiger partial charge in [-0.2, -0.15) is 13.2 Å². The molecule has 0 bridgehead atoms. The highest BCUT2D eigenvalue weighted by Gasteiger charge is 2.32. The minimum Gasteiger partial charge on any atom is -0.166 e. The molecular formula is C8H8F3IS. The standard InChI is InChI=1S/C8H8F3IS/c1-2-13-7-5-6(3-4-12-7)8(9,10)11/h3-5H,2H2,1H3. The van der Waals surface area contributed by atoms with Gasteiger partial charge in [0.2, 0.25) is 0 Å². The summed E-state index contributed by atoms with van der Waals surface area (Å²) < 4.78 is 39.2. The van der Waals surface area contributed by atoms with E-state index in [0.29, 0.717) is 0 Å². The molecule has 0 N–H and O–H groups in total. The van der Waals surface area contributed by atoms with Crippen LogP contribution in [0.2, 0.25) is 0 Å². The Labute approximate surface area is 89.0 Å². The molecule has 1 rings (SSSR count). The first-order valence-electron chi connectivity index (χ1n) is 3.62. The van der Waals surface area contributed by atoms with Gasteiger partial charge in [0.1, 0.15) is 0 Å². The molecule has 0 aromatic heterocycles. The van der Waals surface area contributed by atoms with Gasteiger partial charge in [-0.1, -0.05) is 27.7 Å². The maximum Gasteiger partial charge on any atom is 0.416 e. The molecule has 1 heterocycles. The Kier molecular flexibility index (Phi) is 4.03. The Morgan fingerprint density at radius 2 is 2.15 bits per heavy atom. The largest absolute Gasteiger partial charge is 0.416 e. The van der Waals surface area contributed by atoms with Crippen LogP contribution in [0, 0.1) is 0 Å². The van der Waals surface area contributed by atoms with Crippen molar-refractivity contribution in [2.45, 2.75) is 13.1 Å². The lowest BCUT2D eigenvalue weighted by Gasteiger charge is -2.10. The van der Waals surface area contributed by atoms with E-state index in [-0.39, 0.29) is 20.7 Å². The quantitative estimate of drug-likeness (QED) is 0.696. The second-order valence-corrected chi connectivity index (χ2v) is 6.78. The molecule has 0 aliphatic carbocycles. The van der Waals surface area contributed by atoms with Crippen molar-refractivity contribution in [3.05, 3.63) is 21.8 Å². The van der Waals surface area contributed by atoms with Crippen molar-refractivity contribution in [1.29, 1.82) is 0 Å². The molecule has 0 aromatic carbocycles. The van der Waals surface area contributed by atoms with Crippen molar-refractivity contribution in [3.8, 4) is 0 Å². The van der Waals surface area contributed by atoms with Crippen molar-refractivity contribution in [3.63, 3.8) is 0 Å². The molecule has 0 fully saturated rings. The van der Waals surface area contributed by atoms with E-state index < -0.39 is 11.7 Å². The molecule has 5 heteroatoms. The van der Waals surface area contributed by atoms with Crippen LogP contribution in [-0.2, 0) is 0 Å². The molecule has 1 aliphatic rings.